The highest BCUT2D eigenvalue weighted by Crippen LogP contribution is 2.37. The van der Waals surface area contributed by atoms with Crippen LogP contribution in [0.4, 0.5) is 10.5 Å². The number of carbonyl (C=O) groups excluding carboxylic acids is 4. The van der Waals surface area contributed by atoms with E-state index in [-0.39, 0.29) is 23.4 Å². The quantitative estimate of drug-likeness (QED) is 0.274. The van der Waals surface area contributed by atoms with Crippen molar-refractivity contribution in [3.05, 3.63) is 57.6 Å². The standard InChI is InChI=1S/C23H17BrN2O7/c1-4-9-33-19-17(24)11-13(12-18(19)31-2)10-16-20(27)25-23(30)26(21(16)28)15-7-5-14(6-8-15)22(29)32-3/h1,5-8,10-12H,9H2,2-3H3,(H,25,27,30)/b16-10+. The molecule has 1 aliphatic rings. The lowest BCUT2D eigenvalue weighted by molar-refractivity contribution is -0.122. The lowest BCUT2D eigenvalue weighted by Crippen LogP contribution is -2.54. The summed E-state index contributed by atoms with van der Waals surface area (Å²) in [7, 11) is 2.67. The molecular weight excluding hydrogens is 496 g/mol. The second kappa shape index (κ2) is 10.0. The fourth-order valence-corrected chi connectivity index (χ4v) is 3.57. The molecule has 0 atom stereocenters. The molecule has 9 nitrogen and oxygen atoms in total. The number of amides is 4. The van der Waals surface area contributed by atoms with Crippen molar-refractivity contribution in [2.45, 2.75) is 0 Å². The van der Waals surface area contributed by atoms with Gasteiger partial charge in [-0.05, 0) is 64.0 Å². The zero-order valence-electron chi connectivity index (χ0n) is 17.5. The van der Waals surface area contributed by atoms with Gasteiger partial charge in [-0.3, -0.25) is 14.9 Å². The molecule has 1 aliphatic heterocycles. The van der Waals surface area contributed by atoms with E-state index in [0.29, 0.717) is 21.5 Å². The summed E-state index contributed by atoms with van der Waals surface area (Å²) in [5, 5.41) is 2.14. The Labute approximate surface area is 197 Å². The molecule has 0 unspecified atom stereocenters. The first-order chi connectivity index (χ1) is 15.8. The van der Waals surface area contributed by atoms with Gasteiger partial charge in [0, 0.05) is 0 Å². The number of terminal acetylenes is 1. The summed E-state index contributed by atoms with van der Waals surface area (Å²) in [6, 6.07) is 7.84. The molecule has 10 heteroatoms. The molecule has 1 N–H and O–H groups in total. The number of halogens is 1. The highest BCUT2D eigenvalue weighted by molar-refractivity contribution is 9.10. The molecule has 0 bridgehead atoms. The van der Waals surface area contributed by atoms with Crippen molar-refractivity contribution in [2.75, 3.05) is 25.7 Å². The molecule has 168 valence electrons. The van der Waals surface area contributed by atoms with Crippen LogP contribution in [0.2, 0.25) is 0 Å². The number of hydrogen-bond acceptors (Lipinski definition) is 7. The maximum absolute atomic E-state index is 13.1. The van der Waals surface area contributed by atoms with E-state index in [2.05, 4.69) is 31.9 Å². The van der Waals surface area contributed by atoms with E-state index in [1.54, 1.807) is 12.1 Å². The minimum Gasteiger partial charge on any atom is -0.493 e. The summed E-state index contributed by atoms with van der Waals surface area (Å²) in [4.78, 5) is 50.3. The van der Waals surface area contributed by atoms with E-state index in [1.165, 1.54) is 44.6 Å². The lowest BCUT2D eigenvalue weighted by Gasteiger charge is -2.26. The van der Waals surface area contributed by atoms with Gasteiger partial charge in [0.2, 0.25) is 0 Å². The van der Waals surface area contributed by atoms with Crippen LogP contribution in [-0.2, 0) is 14.3 Å². The molecule has 1 saturated heterocycles. The topological polar surface area (TPSA) is 111 Å². The molecule has 0 saturated carbocycles. The Morgan fingerprint density at radius 1 is 1.18 bits per heavy atom. The first-order valence-electron chi connectivity index (χ1n) is 9.34. The van der Waals surface area contributed by atoms with Gasteiger partial charge in [-0.15, -0.1) is 6.42 Å². The number of anilines is 1. The summed E-state index contributed by atoms with van der Waals surface area (Å²) >= 11 is 3.36. The second-order valence-electron chi connectivity index (χ2n) is 6.52. The first kappa shape index (κ1) is 23.6. The van der Waals surface area contributed by atoms with Gasteiger partial charge in [0.05, 0.1) is 29.9 Å². The van der Waals surface area contributed by atoms with Crippen LogP contribution in [0.3, 0.4) is 0 Å². The third kappa shape index (κ3) is 4.88. The van der Waals surface area contributed by atoms with Crippen LogP contribution < -0.4 is 19.7 Å². The number of ether oxygens (including phenoxy) is 3. The SMILES string of the molecule is C#CCOc1c(Br)cc(/C=C2\C(=O)NC(=O)N(c3ccc(C(=O)OC)cc3)C2=O)cc1OC. The zero-order chi connectivity index (χ0) is 24.1. The number of urea groups is 1. The highest BCUT2D eigenvalue weighted by Gasteiger charge is 2.37. The predicted molar refractivity (Wildman–Crippen MR) is 122 cm³/mol. The summed E-state index contributed by atoms with van der Waals surface area (Å²) in [6.07, 6.45) is 6.54. The number of esters is 1. The van der Waals surface area contributed by atoms with E-state index >= 15 is 0 Å². The number of nitrogens with one attached hydrogen (secondary N) is 1. The Morgan fingerprint density at radius 3 is 2.48 bits per heavy atom. The predicted octanol–water partition coefficient (Wildman–Crippen LogP) is 2.92. The fraction of sp³-hybridized carbons (Fsp3) is 0.130. The Morgan fingerprint density at radius 2 is 1.88 bits per heavy atom. The minimum atomic E-state index is -0.912. The van der Waals surface area contributed by atoms with Crippen molar-refractivity contribution in [3.63, 3.8) is 0 Å². The number of nitrogens with zero attached hydrogens (tertiary/aromatic N) is 1. The molecule has 0 spiro atoms. The van der Waals surface area contributed by atoms with Gasteiger partial charge < -0.3 is 14.2 Å². The monoisotopic (exact) mass is 512 g/mol. The Bertz CT molecular complexity index is 1210. The number of hydrogen-bond donors (Lipinski definition) is 1. The average Bonchev–Trinajstić information content (AvgIpc) is 2.80. The third-order valence-electron chi connectivity index (χ3n) is 4.51. The van der Waals surface area contributed by atoms with Crippen LogP contribution >= 0.6 is 15.9 Å². The van der Waals surface area contributed by atoms with Crippen LogP contribution in [0.15, 0.2) is 46.4 Å². The van der Waals surface area contributed by atoms with Crippen molar-refractivity contribution in [1.82, 2.24) is 5.32 Å². The molecular formula is C23H17BrN2O7. The Hall–Kier alpha value is -4.10. The molecule has 4 amide bonds. The lowest BCUT2D eigenvalue weighted by atomic mass is 10.1. The van der Waals surface area contributed by atoms with Crippen LogP contribution in [0, 0.1) is 12.3 Å². The molecule has 3 rings (SSSR count). The van der Waals surface area contributed by atoms with Gasteiger partial charge in [0.1, 0.15) is 12.2 Å². The largest absolute Gasteiger partial charge is 0.493 e. The van der Waals surface area contributed by atoms with Gasteiger partial charge in [0.25, 0.3) is 11.8 Å². The van der Waals surface area contributed by atoms with Crippen molar-refractivity contribution >= 4 is 51.5 Å². The normalized spacial score (nSPS) is 14.5. The van der Waals surface area contributed by atoms with Crippen LogP contribution in [-0.4, -0.2) is 44.6 Å². The van der Waals surface area contributed by atoms with Gasteiger partial charge in [-0.1, -0.05) is 5.92 Å². The van der Waals surface area contributed by atoms with E-state index in [1.807, 2.05) is 0 Å². The minimum absolute atomic E-state index is 0.0160. The van der Waals surface area contributed by atoms with Gasteiger partial charge in [0.15, 0.2) is 11.5 Å². The number of carbonyl (C=O) groups is 4. The van der Waals surface area contributed by atoms with Gasteiger partial charge in [-0.25, -0.2) is 14.5 Å². The third-order valence-corrected chi connectivity index (χ3v) is 5.10. The van der Waals surface area contributed by atoms with E-state index in [4.69, 9.17) is 15.9 Å². The van der Waals surface area contributed by atoms with Crippen molar-refractivity contribution in [1.29, 1.82) is 0 Å². The Kier molecular flexibility index (Phi) is 7.15. The van der Waals surface area contributed by atoms with Crippen molar-refractivity contribution in [3.8, 4) is 23.8 Å². The van der Waals surface area contributed by atoms with Crippen LogP contribution in [0.5, 0.6) is 11.5 Å². The number of benzene rings is 2. The van der Waals surface area contributed by atoms with Crippen LogP contribution in [0.25, 0.3) is 6.08 Å². The summed E-state index contributed by atoms with van der Waals surface area (Å²) < 4.78 is 15.9. The first-order valence-corrected chi connectivity index (χ1v) is 10.1. The van der Waals surface area contributed by atoms with E-state index < -0.39 is 23.8 Å². The highest BCUT2D eigenvalue weighted by atomic mass is 79.9. The smallest absolute Gasteiger partial charge is 0.337 e. The summed E-state index contributed by atoms with van der Waals surface area (Å²) in [5.74, 6) is 0.778. The fourth-order valence-electron chi connectivity index (χ4n) is 3.00. The maximum Gasteiger partial charge on any atom is 0.337 e. The van der Waals surface area contributed by atoms with E-state index in [0.717, 1.165) is 4.90 Å². The number of rotatable bonds is 6. The average molecular weight is 513 g/mol. The number of imide groups is 2. The number of barbiturate groups is 1. The molecule has 0 radical (unpaired) electrons. The molecule has 2 aromatic carbocycles. The van der Waals surface area contributed by atoms with E-state index in [9.17, 15) is 19.2 Å². The summed E-state index contributed by atoms with van der Waals surface area (Å²) in [5.41, 5.74) is 0.556. The van der Waals surface area contributed by atoms with Gasteiger partial charge in [-0.2, -0.15) is 0 Å². The second-order valence-corrected chi connectivity index (χ2v) is 7.38. The molecule has 0 aliphatic carbocycles. The maximum atomic E-state index is 13.1. The molecule has 2 aromatic rings. The molecule has 1 heterocycles. The van der Waals surface area contributed by atoms with Crippen molar-refractivity contribution < 1.29 is 33.4 Å². The molecule has 0 aromatic heterocycles. The molecule has 33 heavy (non-hydrogen) atoms. The van der Waals surface area contributed by atoms with Gasteiger partial charge >= 0.3 is 12.0 Å². The zero-order valence-corrected chi connectivity index (χ0v) is 19.1. The Balaban J connectivity index is 1.98. The number of methoxy groups -OCH3 is 2. The van der Waals surface area contributed by atoms with Crippen LogP contribution in [0.1, 0.15) is 15.9 Å². The molecule has 1 fully saturated rings. The van der Waals surface area contributed by atoms with Crippen molar-refractivity contribution in [2.24, 2.45) is 0 Å². The summed E-state index contributed by atoms with van der Waals surface area (Å²) in [6.45, 7) is 0.0160.